The number of amides is 3. The molecule has 0 aromatic heterocycles. The van der Waals surface area contributed by atoms with Gasteiger partial charge in [0.2, 0.25) is 11.8 Å². The highest BCUT2D eigenvalue weighted by atomic mass is 16.5. The predicted octanol–water partition coefficient (Wildman–Crippen LogP) is 3.37. The molecule has 0 spiro atoms. The maximum atomic E-state index is 13.1. The Labute approximate surface area is 241 Å². The Morgan fingerprint density at radius 3 is 2.15 bits per heavy atom. The van der Waals surface area contributed by atoms with E-state index in [1.54, 1.807) is 17.0 Å². The lowest BCUT2D eigenvalue weighted by Crippen LogP contribution is -2.42. The van der Waals surface area contributed by atoms with Crippen LogP contribution in [0.1, 0.15) is 39.9 Å². The number of carbonyl (C=O) groups is 3. The summed E-state index contributed by atoms with van der Waals surface area (Å²) in [6.07, 6.45) is 3.85. The van der Waals surface area contributed by atoms with Crippen molar-refractivity contribution in [1.82, 2.24) is 15.5 Å². The number of rotatable bonds is 12. The number of allylic oxidation sites excluding steroid dienone is 1. The summed E-state index contributed by atoms with van der Waals surface area (Å²) in [6.45, 7) is 2.65. The van der Waals surface area contributed by atoms with Gasteiger partial charge in [0.25, 0.3) is 5.91 Å². The summed E-state index contributed by atoms with van der Waals surface area (Å²) in [6, 6.07) is 26.1. The third kappa shape index (κ3) is 9.70. The Hall–Kier alpha value is -4.27. The van der Waals surface area contributed by atoms with Gasteiger partial charge in [-0.3, -0.25) is 14.4 Å². The smallest absolute Gasteiger partial charge is 0.254 e. The molecule has 3 aromatic carbocycles. The molecular weight excluding hydrogens is 516 g/mol. The van der Waals surface area contributed by atoms with Gasteiger partial charge in [0, 0.05) is 37.0 Å². The van der Waals surface area contributed by atoms with Crippen LogP contribution in [0.2, 0.25) is 0 Å². The molecule has 41 heavy (non-hydrogen) atoms. The molecule has 4 rings (SSSR count). The summed E-state index contributed by atoms with van der Waals surface area (Å²) in [5, 5.41) is 5.77. The Bertz CT molecular complexity index is 1300. The molecule has 1 heterocycles. The van der Waals surface area contributed by atoms with Gasteiger partial charge >= 0.3 is 0 Å². The molecule has 0 saturated carbocycles. The van der Waals surface area contributed by atoms with Crippen LogP contribution in [0, 0.1) is 0 Å². The number of benzene rings is 3. The lowest BCUT2D eigenvalue weighted by Gasteiger charge is -2.26. The zero-order chi connectivity index (χ0) is 28.9. The van der Waals surface area contributed by atoms with E-state index in [2.05, 4.69) is 22.8 Å². The van der Waals surface area contributed by atoms with Crippen molar-refractivity contribution in [3.05, 3.63) is 119 Å². The van der Waals surface area contributed by atoms with Gasteiger partial charge in [0.05, 0.1) is 19.3 Å². The van der Waals surface area contributed by atoms with Gasteiger partial charge in [-0.1, -0.05) is 72.8 Å². The monoisotopic (exact) mass is 554 g/mol. The van der Waals surface area contributed by atoms with Crippen LogP contribution < -0.4 is 16.4 Å². The second kappa shape index (κ2) is 15.5. The van der Waals surface area contributed by atoms with E-state index in [1.165, 1.54) is 11.6 Å². The van der Waals surface area contributed by atoms with Crippen molar-refractivity contribution in [3.8, 4) is 0 Å². The summed E-state index contributed by atoms with van der Waals surface area (Å²) >= 11 is 0. The van der Waals surface area contributed by atoms with Gasteiger partial charge in [-0.05, 0) is 54.5 Å². The summed E-state index contributed by atoms with van der Waals surface area (Å²) in [4.78, 5) is 40.2. The first-order valence-corrected chi connectivity index (χ1v) is 14.1. The van der Waals surface area contributed by atoms with Crippen LogP contribution >= 0.6 is 0 Å². The Balaban J connectivity index is 1.34. The van der Waals surface area contributed by atoms with Crippen LogP contribution in [0.15, 0.2) is 96.7 Å². The van der Waals surface area contributed by atoms with Crippen molar-refractivity contribution in [1.29, 1.82) is 0 Å². The van der Waals surface area contributed by atoms with Gasteiger partial charge in [-0.2, -0.15) is 0 Å². The van der Waals surface area contributed by atoms with E-state index in [0.717, 1.165) is 24.0 Å². The van der Waals surface area contributed by atoms with Crippen molar-refractivity contribution in [2.75, 3.05) is 26.3 Å². The van der Waals surface area contributed by atoms with E-state index in [9.17, 15) is 14.4 Å². The van der Waals surface area contributed by atoms with Gasteiger partial charge in [0.1, 0.15) is 0 Å². The van der Waals surface area contributed by atoms with E-state index in [0.29, 0.717) is 57.0 Å². The second-order valence-corrected chi connectivity index (χ2v) is 10.1. The molecule has 214 valence electrons. The number of hydrogen-bond donors (Lipinski definition) is 3. The fourth-order valence-electron chi connectivity index (χ4n) is 4.62. The average Bonchev–Trinajstić information content (AvgIpc) is 3.01. The normalized spacial score (nSPS) is 14.3. The molecular formula is C33H38N4O4. The predicted molar refractivity (Wildman–Crippen MR) is 159 cm³/mol. The van der Waals surface area contributed by atoms with Crippen LogP contribution in [0.5, 0.6) is 0 Å². The zero-order valence-electron chi connectivity index (χ0n) is 23.3. The molecule has 1 atom stereocenters. The van der Waals surface area contributed by atoms with Crippen LogP contribution in [0.25, 0.3) is 0 Å². The van der Waals surface area contributed by atoms with Crippen LogP contribution in [-0.4, -0.2) is 55.0 Å². The molecule has 8 nitrogen and oxygen atoms in total. The Kier molecular flexibility index (Phi) is 11.2. The molecule has 0 aliphatic carbocycles. The number of aryl methyl sites for hydroxylation is 1. The number of nitrogens with zero attached hydrogens (tertiary/aromatic N) is 1. The van der Waals surface area contributed by atoms with Crippen molar-refractivity contribution in [2.24, 2.45) is 5.73 Å². The van der Waals surface area contributed by atoms with Crippen LogP contribution in [0.3, 0.4) is 0 Å². The highest BCUT2D eigenvalue weighted by Gasteiger charge is 2.20. The number of carbonyl (C=O) groups excluding carboxylic acids is 3. The van der Waals surface area contributed by atoms with E-state index >= 15 is 0 Å². The van der Waals surface area contributed by atoms with Crippen molar-refractivity contribution in [3.63, 3.8) is 0 Å². The summed E-state index contributed by atoms with van der Waals surface area (Å²) in [7, 11) is 0. The third-order valence-corrected chi connectivity index (χ3v) is 6.94. The van der Waals surface area contributed by atoms with E-state index in [4.69, 9.17) is 10.5 Å². The fourth-order valence-corrected chi connectivity index (χ4v) is 4.62. The van der Waals surface area contributed by atoms with Gasteiger partial charge in [-0.15, -0.1) is 0 Å². The summed E-state index contributed by atoms with van der Waals surface area (Å²) in [5.41, 5.74) is 10.4. The van der Waals surface area contributed by atoms with Gasteiger partial charge < -0.3 is 26.0 Å². The lowest BCUT2D eigenvalue weighted by molar-refractivity contribution is -0.121. The largest absolute Gasteiger partial charge is 0.378 e. The highest BCUT2D eigenvalue weighted by Crippen LogP contribution is 2.12. The zero-order valence-corrected chi connectivity index (χ0v) is 23.3. The maximum Gasteiger partial charge on any atom is 0.254 e. The van der Waals surface area contributed by atoms with Crippen LogP contribution in [0.4, 0.5) is 0 Å². The van der Waals surface area contributed by atoms with Crippen LogP contribution in [-0.2, 0) is 33.7 Å². The van der Waals surface area contributed by atoms with E-state index in [1.807, 2.05) is 60.7 Å². The van der Waals surface area contributed by atoms with Crippen molar-refractivity contribution in [2.45, 2.75) is 38.3 Å². The highest BCUT2D eigenvalue weighted by molar-refractivity contribution is 5.94. The molecule has 3 aromatic rings. The maximum absolute atomic E-state index is 13.1. The Morgan fingerprint density at radius 1 is 0.854 bits per heavy atom. The minimum absolute atomic E-state index is 0.0299. The molecule has 1 saturated heterocycles. The first-order chi connectivity index (χ1) is 20.0. The third-order valence-electron chi connectivity index (χ3n) is 6.94. The first-order valence-electron chi connectivity index (χ1n) is 14.1. The van der Waals surface area contributed by atoms with E-state index in [-0.39, 0.29) is 17.7 Å². The molecule has 8 heteroatoms. The quantitative estimate of drug-likeness (QED) is 0.297. The minimum atomic E-state index is -0.819. The van der Waals surface area contributed by atoms with Gasteiger partial charge in [0.15, 0.2) is 0 Å². The molecule has 1 fully saturated rings. The topological polar surface area (TPSA) is 114 Å². The number of nitrogens with two attached hydrogens (primary N) is 1. The second-order valence-electron chi connectivity index (χ2n) is 10.1. The first kappa shape index (κ1) is 29.7. The van der Waals surface area contributed by atoms with E-state index < -0.39 is 6.04 Å². The standard InChI is InChI=1S/C33H38N4O4/c34-30(22-26-14-16-28(17-15-26)33(40)37-18-20-41-21-19-37)32(39)36-29(13-7-12-25-8-3-1-4-9-25)23-31(38)35-24-27-10-5-2-6-11-27/h1-6,8-11,14-17,23,30H,7,12-13,18-22,24,34H2,(H,35,38)(H,36,39)/b29-23+/t30-/m0/s1. The molecule has 0 unspecified atom stereocenters. The number of hydrogen-bond acceptors (Lipinski definition) is 5. The SMILES string of the molecule is N[C@@H](Cc1ccc(C(=O)N2CCOCC2)cc1)C(=O)N/C(=C/C(=O)NCc1ccccc1)CCCc1ccccc1. The fraction of sp³-hybridized carbons (Fsp3) is 0.303. The summed E-state index contributed by atoms with van der Waals surface area (Å²) in [5.74, 6) is -0.670. The number of morpholine rings is 1. The molecule has 4 N–H and O–H groups in total. The molecule has 0 bridgehead atoms. The van der Waals surface area contributed by atoms with Crippen molar-refractivity contribution >= 4 is 17.7 Å². The minimum Gasteiger partial charge on any atom is -0.378 e. The molecule has 0 radical (unpaired) electrons. The lowest BCUT2D eigenvalue weighted by atomic mass is 10.0. The van der Waals surface area contributed by atoms with Gasteiger partial charge in [-0.25, -0.2) is 0 Å². The Morgan fingerprint density at radius 2 is 1.49 bits per heavy atom. The summed E-state index contributed by atoms with van der Waals surface area (Å²) < 4.78 is 5.32. The number of ether oxygens (including phenoxy) is 1. The number of nitrogens with one attached hydrogen (secondary N) is 2. The molecule has 3 amide bonds. The molecule has 1 aliphatic heterocycles. The average molecular weight is 555 g/mol. The van der Waals surface area contributed by atoms with Crippen molar-refractivity contribution < 1.29 is 19.1 Å². The molecule has 1 aliphatic rings.